The van der Waals surface area contributed by atoms with Gasteiger partial charge in [-0.1, -0.05) is 42.5 Å². The van der Waals surface area contributed by atoms with E-state index in [4.69, 9.17) is 0 Å². The number of rotatable bonds is 6. The number of pyridine rings is 1. The zero-order valence-corrected chi connectivity index (χ0v) is 19.0. The Balaban J connectivity index is 1.30. The molecule has 1 N–H and O–H groups in total. The molecule has 1 aliphatic heterocycles. The van der Waals surface area contributed by atoms with Crippen LogP contribution in [0.25, 0.3) is 0 Å². The first-order valence-corrected chi connectivity index (χ1v) is 11.3. The fourth-order valence-corrected chi connectivity index (χ4v) is 4.01. The van der Waals surface area contributed by atoms with Gasteiger partial charge in [-0.05, 0) is 36.2 Å². The van der Waals surface area contributed by atoms with Gasteiger partial charge in [0.25, 0.3) is 5.91 Å². The maximum Gasteiger partial charge on any atom is 0.417 e. The van der Waals surface area contributed by atoms with Crippen LogP contribution >= 0.6 is 0 Å². The van der Waals surface area contributed by atoms with E-state index < -0.39 is 17.6 Å². The van der Waals surface area contributed by atoms with Gasteiger partial charge in [0.15, 0.2) is 0 Å². The lowest BCUT2D eigenvalue weighted by molar-refractivity contribution is -0.138. The van der Waals surface area contributed by atoms with Crippen LogP contribution in [0.15, 0.2) is 72.9 Å². The highest BCUT2D eigenvalue weighted by Gasteiger charge is 2.36. The standard InChI is InChI=1S/C26H25F3N4O2/c27-26(28,29)22-9-5-4-8-21(22)25(35)33-16-14-32(15-17-33)20-11-12-23(30-18-20)31-24(34)13-10-19-6-2-1-3-7-19/h1-9,11-12,18H,10,13-17H2,(H,30,31,34). The first kappa shape index (κ1) is 24.3. The molecule has 0 aliphatic carbocycles. The van der Waals surface area contributed by atoms with E-state index in [0.29, 0.717) is 44.8 Å². The second-order valence-corrected chi connectivity index (χ2v) is 8.26. The van der Waals surface area contributed by atoms with Gasteiger partial charge < -0.3 is 15.1 Å². The summed E-state index contributed by atoms with van der Waals surface area (Å²) in [6.07, 6.45) is -1.95. The first-order chi connectivity index (χ1) is 16.8. The van der Waals surface area contributed by atoms with Gasteiger partial charge in [-0.3, -0.25) is 9.59 Å². The van der Waals surface area contributed by atoms with E-state index in [1.807, 2.05) is 41.3 Å². The molecule has 0 radical (unpaired) electrons. The normalized spacial score (nSPS) is 14.0. The monoisotopic (exact) mass is 482 g/mol. The molecule has 0 spiro atoms. The van der Waals surface area contributed by atoms with E-state index >= 15 is 0 Å². The highest BCUT2D eigenvalue weighted by atomic mass is 19.4. The van der Waals surface area contributed by atoms with Crippen molar-refractivity contribution < 1.29 is 22.8 Å². The lowest BCUT2D eigenvalue weighted by Gasteiger charge is -2.36. The lowest BCUT2D eigenvalue weighted by atomic mass is 10.1. The molecule has 0 atom stereocenters. The number of nitrogens with one attached hydrogen (secondary N) is 1. The van der Waals surface area contributed by atoms with Gasteiger partial charge in [0, 0.05) is 32.6 Å². The molecule has 1 aromatic heterocycles. The van der Waals surface area contributed by atoms with E-state index in [2.05, 4.69) is 10.3 Å². The van der Waals surface area contributed by atoms with E-state index in [1.165, 1.54) is 23.1 Å². The maximum absolute atomic E-state index is 13.3. The van der Waals surface area contributed by atoms with Gasteiger partial charge in [0.05, 0.1) is 23.0 Å². The van der Waals surface area contributed by atoms with Crippen molar-refractivity contribution in [1.29, 1.82) is 0 Å². The molecule has 1 fully saturated rings. The summed E-state index contributed by atoms with van der Waals surface area (Å²) < 4.78 is 39.8. The number of alkyl halides is 3. The van der Waals surface area contributed by atoms with Crippen molar-refractivity contribution in [3.8, 4) is 0 Å². The minimum absolute atomic E-state index is 0.125. The molecule has 2 amide bonds. The smallest absolute Gasteiger partial charge is 0.367 e. The molecule has 182 valence electrons. The van der Waals surface area contributed by atoms with Crippen LogP contribution in [-0.4, -0.2) is 47.9 Å². The van der Waals surface area contributed by atoms with Crippen molar-refractivity contribution in [2.24, 2.45) is 0 Å². The number of anilines is 2. The van der Waals surface area contributed by atoms with Crippen LogP contribution in [0.2, 0.25) is 0 Å². The fraction of sp³-hybridized carbons (Fsp3) is 0.269. The molecular weight excluding hydrogens is 457 g/mol. The number of benzene rings is 2. The topological polar surface area (TPSA) is 65.5 Å². The Bertz CT molecular complexity index is 1160. The van der Waals surface area contributed by atoms with E-state index in [1.54, 1.807) is 12.3 Å². The van der Waals surface area contributed by atoms with Crippen molar-refractivity contribution in [3.05, 3.63) is 89.6 Å². The summed E-state index contributed by atoms with van der Waals surface area (Å²) >= 11 is 0. The van der Waals surface area contributed by atoms with Gasteiger partial charge in [-0.15, -0.1) is 0 Å². The second kappa shape index (κ2) is 10.6. The Morgan fingerprint density at radius 1 is 0.886 bits per heavy atom. The predicted molar refractivity (Wildman–Crippen MR) is 127 cm³/mol. The third-order valence-electron chi connectivity index (χ3n) is 5.89. The van der Waals surface area contributed by atoms with E-state index in [-0.39, 0.29) is 11.5 Å². The Labute approximate surface area is 201 Å². The number of aromatic nitrogens is 1. The highest BCUT2D eigenvalue weighted by Crippen LogP contribution is 2.32. The van der Waals surface area contributed by atoms with Gasteiger partial charge in [0.1, 0.15) is 5.82 Å². The maximum atomic E-state index is 13.3. The molecule has 3 aromatic rings. The molecule has 0 unspecified atom stereocenters. The van der Waals surface area contributed by atoms with Crippen LogP contribution in [0, 0.1) is 0 Å². The minimum atomic E-state index is -4.58. The molecule has 2 aromatic carbocycles. The largest absolute Gasteiger partial charge is 0.417 e. The summed E-state index contributed by atoms with van der Waals surface area (Å²) in [4.78, 5) is 32.7. The number of carbonyl (C=O) groups excluding carboxylic acids is 2. The lowest BCUT2D eigenvalue weighted by Crippen LogP contribution is -2.49. The SMILES string of the molecule is O=C(CCc1ccccc1)Nc1ccc(N2CCN(C(=O)c3ccccc3C(F)(F)F)CC2)cn1. The average molecular weight is 483 g/mol. The third kappa shape index (κ3) is 6.17. The Morgan fingerprint density at radius 2 is 1.57 bits per heavy atom. The van der Waals surface area contributed by atoms with Gasteiger partial charge >= 0.3 is 6.18 Å². The van der Waals surface area contributed by atoms with Crippen LogP contribution < -0.4 is 10.2 Å². The number of halogens is 3. The fourth-order valence-electron chi connectivity index (χ4n) is 4.01. The number of hydrogen-bond acceptors (Lipinski definition) is 4. The Hall–Kier alpha value is -3.88. The Kier molecular flexibility index (Phi) is 7.33. The van der Waals surface area contributed by atoms with Crippen molar-refractivity contribution in [2.45, 2.75) is 19.0 Å². The molecule has 4 rings (SSSR count). The van der Waals surface area contributed by atoms with Crippen LogP contribution in [0.5, 0.6) is 0 Å². The van der Waals surface area contributed by atoms with Crippen molar-refractivity contribution in [1.82, 2.24) is 9.88 Å². The number of carbonyl (C=O) groups is 2. The molecule has 35 heavy (non-hydrogen) atoms. The van der Waals surface area contributed by atoms with Crippen LogP contribution in [-0.2, 0) is 17.4 Å². The third-order valence-corrected chi connectivity index (χ3v) is 5.89. The number of amides is 2. The van der Waals surface area contributed by atoms with Gasteiger partial charge in [-0.25, -0.2) is 4.98 Å². The molecule has 1 saturated heterocycles. The number of nitrogens with zero attached hydrogens (tertiary/aromatic N) is 3. The molecule has 0 bridgehead atoms. The number of hydrogen-bond donors (Lipinski definition) is 1. The van der Waals surface area contributed by atoms with Crippen LogP contribution in [0.1, 0.15) is 27.9 Å². The van der Waals surface area contributed by atoms with Crippen molar-refractivity contribution >= 4 is 23.3 Å². The van der Waals surface area contributed by atoms with Crippen LogP contribution in [0.4, 0.5) is 24.7 Å². The molecule has 2 heterocycles. The summed E-state index contributed by atoms with van der Waals surface area (Å²) in [5, 5.41) is 2.79. The average Bonchev–Trinajstić information content (AvgIpc) is 2.88. The number of piperazine rings is 1. The Morgan fingerprint density at radius 3 is 2.23 bits per heavy atom. The summed E-state index contributed by atoms with van der Waals surface area (Å²) in [6, 6.07) is 18.2. The van der Waals surface area contributed by atoms with E-state index in [9.17, 15) is 22.8 Å². The zero-order valence-electron chi connectivity index (χ0n) is 19.0. The molecule has 6 nitrogen and oxygen atoms in total. The molecule has 1 aliphatic rings. The summed E-state index contributed by atoms with van der Waals surface area (Å²) in [5.74, 6) is -0.297. The van der Waals surface area contributed by atoms with Crippen molar-refractivity contribution in [3.63, 3.8) is 0 Å². The molecular formula is C26H25F3N4O2. The first-order valence-electron chi connectivity index (χ1n) is 11.3. The summed E-state index contributed by atoms with van der Waals surface area (Å²) in [7, 11) is 0. The van der Waals surface area contributed by atoms with Gasteiger partial charge in [-0.2, -0.15) is 13.2 Å². The van der Waals surface area contributed by atoms with Crippen molar-refractivity contribution in [2.75, 3.05) is 36.4 Å². The molecule has 9 heteroatoms. The predicted octanol–water partition coefficient (Wildman–Crippen LogP) is 4.63. The summed E-state index contributed by atoms with van der Waals surface area (Å²) in [6.45, 7) is 1.51. The second-order valence-electron chi connectivity index (χ2n) is 8.26. The van der Waals surface area contributed by atoms with E-state index in [0.717, 1.165) is 17.3 Å². The molecule has 0 saturated carbocycles. The van der Waals surface area contributed by atoms with Crippen LogP contribution in [0.3, 0.4) is 0 Å². The summed E-state index contributed by atoms with van der Waals surface area (Å²) in [5.41, 5.74) is 0.654. The highest BCUT2D eigenvalue weighted by molar-refractivity contribution is 5.96. The quantitative estimate of drug-likeness (QED) is 0.556. The van der Waals surface area contributed by atoms with Gasteiger partial charge in [0.2, 0.25) is 5.91 Å². The zero-order chi connectivity index (χ0) is 24.8. The number of aryl methyl sites for hydroxylation is 1. The minimum Gasteiger partial charge on any atom is -0.367 e.